The summed E-state index contributed by atoms with van der Waals surface area (Å²) < 4.78 is 0. The van der Waals surface area contributed by atoms with Crippen molar-refractivity contribution in [1.29, 1.82) is 0 Å². The van der Waals surface area contributed by atoms with Crippen LogP contribution in [0.25, 0.3) is 27.2 Å². The molecule has 0 aromatic heterocycles. The van der Waals surface area contributed by atoms with Crippen molar-refractivity contribution in [1.82, 2.24) is 0 Å². The molecule has 5 aromatic rings. The Kier molecular flexibility index (Phi) is 9.52. The van der Waals surface area contributed by atoms with Gasteiger partial charge in [0.2, 0.25) is 0 Å². The van der Waals surface area contributed by atoms with Crippen LogP contribution in [0, 0.1) is 11.8 Å². The van der Waals surface area contributed by atoms with Gasteiger partial charge in [0.15, 0.2) is 5.84 Å². The lowest BCUT2D eigenvalue weighted by Gasteiger charge is -2.31. The van der Waals surface area contributed by atoms with Gasteiger partial charge in [-0.1, -0.05) is 152 Å². The van der Waals surface area contributed by atoms with E-state index in [9.17, 15) is 0 Å². The number of allylic oxidation sites excluding steroid dienone is 8. The molecule has 0 fully saturated rings. The minimum absolute atomic E-state index is 0.533. The van der Waals surface area contributed by atoms with Gasteiger partial charge in [-0.3, -0.25) is 0 Å². The highest BCUT2D eigenvalue weighted by atomic mass is 14.9. The number of rotatable bonds is 7. The summed E-state index contributed by atoms with van der Waals surface area (Å²) in [6, 6.07) is 38.9. The maximum Gasteiger partial charge on any atom is 0.160 e. The van der Waals surface area contributed by atoms with Crippen LogP contribution < -0.4 is 0 Å². The summed E-state index contributed by atoms with van der Waals surface area (Å²) >= 11 is 0. The van der Waals surface area contributed by atoms with Crippen LogP contribution in [0.5, 0.6) is 0 Å². The molecule has 2 aliphatic rings. The van der Waals surface area contributed by atoms with E-state index < -0.39 is 0 Å². The third kappa shape index (κ3) is 6.71. The second kappa shape index (κ2) is 14.6. The summed E-state index contributed by atoms with van der Waals surface area (Å²) in [7, 11) is 0. The van der Waals surface area contributed by atoms with Gasteiger partial charge in [0.25, 0.3) is 0 Å². The first-order valence-electron chi connectivity index (χ1n) is 17.2. The van der Waals surface area contributed by atoms with Gasteiger partial charge >= 0.3 is 0 Å². The van der Waals surface area contributed by atoms with Crippen molar-refractivity contribution < 1.29 is 0 Å². The fraction of sp³-hybridized carbons (Fsp3) is 0.174. The lowest BCUT2D eigenvalue weighted by Crippen LogP contribution is -2.21. The molecule has 2 aliphatic carbocycles. The molecular weight excluding hydrogens is 581 g/mol. The first-order valence-corrected chi connectivity index (χ1v) is 17.2. The second-order valence-electron chi connectivity index (χ2n) is 12.9. The second-order valence-corrected chi connectivity index (χ2v) is 12.9. The Hall–Kier alpha value is -5.34. The molecule has 3 atom stereocenters. The quantitative estimate of drug-likeness (QED) is 0.0567. The first-order chi connectivity index (χ1) is 23.7. The molecule has 5 aromatic carbocycles. The first kappa shape index (κ1) is 31.3. The molecule has 2 nitrogen and oxygen atoms in total. The smallest absolute Gasteiger partial charge is 0.160 e. The average Bonchev–Trinajstić information content (AvgIpc) is 3.41. The van der Waals surface area contributed by atoms with Crippen LogP contribution in [-0.4, -0.2) is 11.5 Å². The monoisotopic (exact) mass is 622 g/mol. The molecule has 0 heterocycles. The van der Waals surface area contributed by atoms with Crippen molar-refractivity contribution in [2.75, 3.05) is 0 Å². The van der Waals surface area contributed by atoms with E-state index in [0.29, 0.717) is 23.6 Å². The third-order valence-corrected chi connectivity index (χ3v) is 9.91. The molecule has 0 saturated heterocycles. The molecule has 0 N–H and O–H groups in total. The maximum absolute atomic E-state index is 5.33. The van der Waals surface area contributed by atoms with E-state index in [1.54, 1.807) is 6.08 Å². The third-order valence-electron chi connectivity index (χ3n) is 9.91. The van der Waals surface area contributed by atoms with Crippen LogP contribution >= 0.6 is 0 Å². The lowest BCUT2D eigenvalue weighted by atomic mass is 9.73. The van der Waals surface area contributed by atoms with E-state index in [1.165, 1.54) is 28.1 Å². The highest BCUT2D eigenvalue weighted by molar-refractivity contribution is 6.22. The molecule has 0 spiro atoms. The largest absolute Gasteiger partial charge is 0.233 e. The molecule has 0 aliphatic heterocycles. The van der Waals surface area contributed by atoms with Gasteiger partial charge < -0.3 is 0 Å². The molecule has 0 bridgehead atoms. The molecule has 0 saturated carbocycles. The summed E-state index contributed by atoms with van der Waals surface area (Å²) in [6.45, 7) is 6.10. The average molecular weight is 623 g/mol. The van der Waals surface area contributed by atoms with Crippen molar-refractivity contribution in [2.24, 2.45) is 21.8 Å². The van der Waals surface area contributed by atoms with Gasteiger partial charge in [-0.05, 0) is 95.2 Å². The molecule has 48 heavy (non-hydrogen) atoms. The lowest BCUT2D eigenvalue weighted by molar-refractivity contribution is 0.322. The van der Waals surface area contributed by atoms with Crippen LogP contribution in [0.2, 0.25) is 0 Å². The number of benzene rings is 5. The Morgan fingerprint density at radius 2 is 1.46 bits per heavy atom. The highest BCUT2D eigenvalue weighted by Crippen LogP contribution is 2.41. The minimum Gasteiger partial charge on any atom is -0.233 e. The fourth-order valence-corrected chi connectivity index (χ4v) is 7.44. The molecule has 7 rings (SSSR count). The topological polar surface area (TPSA) is 24.7 Å². The normalized spacial score (nSPS) is 20.3. The Morgan fingerprint density at radius 1 is 0.708 bits per heavy atom. The van der Waals surface area contributed by atoms with Gasteiger partial charge in [0.1, 0.15) is 0 Å². The molecule has 2 heteroatoms. The van der Waals surface area contributed by atoms with Gasteiger partial charge in [-0.15, -0.1) is 0 Å². The predicted molar refractivity (Wildman–Crippen MR) is 207 cm³/mol. The van der Waals surface area contributed by atoms with Crippen molar-refractivity contribution >= 4 is 38.8 Å². The Bertz CT molecular complexity index is 2110. The predicted octanol–water partition coefficient (Wildman–Crippen LogP) is 12.0. The summed E-state index contributed by atoms with van der Waals surface area (Å²) in [5.41, 5.74) is 6.32. The molecule has 236 valence electrons. The molecular formula is C46H42N2. The number of nitrogens with zero attached hydrogens (tertiary/aromatic N) is 2. The Morgan fingerprint density at radius 3 is 2.23 bits per heavy atom. The van der Waals surface area contributed by atoms with Gasteiger partial charge in [-0.2, -0.15) is 0 Å². The number of amidine groups is 1. The fourth-order valence-electron chi connectivity index (χ4n) is 7.44. The molecule has 0 radical (unpaired) electrons. The molecule has 0 amide bonds. The zero-order chi connectivity index (χ0) is 32.7. The number of aliphatic imine (C=N–C) groups is 2. The van der Waals surface area contributed by atoms with E-state index in [-0.39, 0.29) is 0 Å². The van der Waals surface area contributed by atoms with Crippen molar-refractivity contribution in [3.63, 3.8) is 0 Å². The van der Waals surface area contributed by atoms with Crippen molar-refractivity contribution in [3.8, 4) is 0 Å². The zero-order valence-electron chi connectivity index (χ0n) is 27.7. The van der Waals surface area contributed by atoms with E-state index in [0.717, 1.165) is 52.7 Å². The van der Waals surface area contributed by atoms with E-state index >= 15 is 0 Å². The standard InChI is InChI=1S/C46H42N2/c1-3-17-45(37-20-9-5-10-21-37)48-46(44-32-38-22-13-14-25-41(38)42-26-15-16-27-43(42)44)47-33(2)34-28-30-36(31-29-34)40-24-12-6-11-23-39(40)35-18-7-4-8-19-35/h3-11,13-18,20-22,25-32,35,39-40H,1,12,19,23-24H2,2H3/b45-17+,47-33+,48-46-. The van der Waals surface area contributed by atoms with Gasteiger partial charge in [0.05, 0.1) is 5.70 Å². The van der Waals surface area contributed by atoms with Crippen molar-refractivity contribution in [2.45, 2.75) is 38.5 Å². The van der Waals surface area contributed by atoms with E-state index in [4.69, 9.17) is 9.98 Å². The Labute approximate surface area is 285 Å². The number of hydrogen-bond acceptors (Lipinski definition) is 1. The highest BCUT2D eigenvalue weighted by Gasteiger charge is 2.29. The van der Waals surface area contributed by atoms with E-state index in [1.807, 2.05) is 24.3 Å². The SMILES string of the molecule is C=C/C=C(/N=C(\N=C(/C)c1ccc(C2CCC=CCC2C2C=CC=CC2)cc1)c1cc2ccccc2c2ccccc12)c1ccccc1. The number of hydrogen-bond donors (Lipinski definition) is 0. The molecule has 3 unspecified atom stereocenters. The Balaban J connectivity index is 1.31. The van der Waals surface area contributed by atoms with Gasteiger partial charge in [0, 0.05) is 16.8 Å². The van der Waals surface area contributed by atoms with Crippen LogP contribution in [0.3, 0.4) is 0 Å². The van der Waals surface area contributed by atoms with Crippen LogP contribution in [0.1, 0.15) is 60.8 Å². The van der Waals surface area contributed by atoms with Crippen LogP contribution in [-0.2, 0) is 0 Å². The summed E-state index contributed by atoms with van der Waals surface area (Å²) in [4.78, 5) is 10.6. The van der Waals surface area contributed by atoms with E-state index in [2.05, 4.69) is 141 Å². The summed E-state index contributed by atoms with van der Waals surface area (Å²) in [5, 5.41) is 4.72. The van der Waals surface area contributed by atoms with Gasteiger partial charge in [-0.25, -0.2) is 9.98 Å². The maximum atomic E-state index is 5.33. The minimum atomic E-state index is 0.533. The zero-order valence-corrected chi connectivity index (χ0v) is 27.7. The van der Waals surface area contributed by atoms with Crippen LogP contribution in [0.4, 0.5) is 0 Å². The number of fused-ring (bicyclic) bond motifs is 3. The summed E-state index contributed by atoms with van der Waals surface area (Å²) in [5.74, 6) is 2.41. The summed E-state index contributed by atoms with van der Waals surface area (Å²) in [6.07, 6.45) is 22.3. The van der Waals surface area contributed by atoms with Crippen LogP contribution in [0.15, 0.2) is 174 Å². The van der Waals surface area contributed by atoms with Crippen molar-refractivity contribution in [3.05, 3.63) is 187 Å².